The van der Waals surface area contributed by atoms with Gasteiger partial charge in [0, 0.05) is 6.54 Å². The first kappa shape index (κ1) is 16.2. The molecule has 0 radical (unpaired) electrons. The predicted octanol–water partition coefficient (Wildman–Crippen LogP) is 1.71. The smallest absolute Gasteiger partial charge is 0.238 e. The second-order valence-electron chi connectivity index (χ2n) is 4.01. The highest BCUT2D eigenvalue weighted by Crippen LogP contribution is 2.26. The summed E-state index contributed by atoms with van der Waals surface area (Å²) in [5, 5.41) is 5.26. The first-order valence-electron chi connectivity index (χ1n) is 6.06. The van der Waals surface area contributed by atoms with Crippen molar-refractivity contribution in [2.24, 2.45) is 5.14 Å². The minimum Gasteiger partial charge on any atom is -0.491 e. The molecule has 108 valence electrons. The van der Waals surface area contributed by atoms with E-state index >= 15 is 0 Å². The van der Waals surface area contributed by atoms with Crippen LogP contribution >= 0.6 is 11.6 Å². The zero-order valence-electron chi connectivity index (χ0n) is 11.1. The van der Waals surface area contributed by atoms with Gasteiger partial charge in [0.2, 0.25) is 10.0 Å². The van der Waals surface area contributed by atoms with Gasteiger partial charge < -0.3 is 9.64 Å². The summed E-state index contributed by atoms with van der Waals surface area (Å²) in [5.74, 6) is 0.459. The van der Waals surface area contributed by atoms with Gasteiger partial charge in [0.25, 0.3) is 0 Å². The molecule has 0 bridgehead atoms. The van der Waals surface area contributed by atoms with Gasteiger partial charge >= 0.3 is 0 Å². The molecule has 0 aliphatic rings. The molecule has 0 unspecified atom stereocenters. The van der Waals surface area contributed by atoms with Crippen LogP contribution in [-0.2, 0) is 10.0 Å². The van der Waals surface area contributed by atoms with Crippen molar-refractivity contribution < 1.29 is 13.2 Å². The van der Waals surface area contributed by atoms with Crippen molar-refractivity contribution in [1.29, 1.82) is 0 Å². The van der Waals surface area contributed by atoms with Crippen LogP contribution in [0.4, 0.5) is 0 Å². The maximum absolute atomic E-state index is 11.1. The number of hydrogen-bond acceptors (Lipinski definition) is 4. The molecule has 1 aromatic rings. The van der Waals surface area contributed by atoms with Crippen LogP contribution < -0.4 is 9.88 Å². The third kappa shape index (κ3) is 4.99. The molecule has 0 aromatic heterocycles. The molecule has 0 aliphatic carbocycles. The topological polar surface area (TPSA) is 72.6 Å². The third-order valence-electron chi connectivity index (χ3n) is 2.79. The second kappa shape index (κ2) is 7.09. The first-order valence-corrected chi connectivity index (χ1v) is 7.98. The van der Waals surface area contributed by atoms with Gasteiger partial charge in [-0.05, 0) is 31.3 Å². The fourth-order valence-corrected chi connectivity index (χ4v) is 2.44. The van der Waals surface area contributed by atoms with Crippen LogP contribution in [0.5, 0.6) is 5.75 Å². The lowest BCUT2D eigenvalue weighted by atomic mass is 10.3. The SMILES string of the molecule is CCN(CC)CCOc1ccc(S(N)(=O)=O)cc1Cl. The predicted molar refractivity (Wildman–Crippen MR) is 76.1 cm³/mol. The molecule has 0 saturated heterocycles. The lowest BCUT2D eigenvalue weighted by molar-refractivity contribution is 0.223. The Balaban J connectivity index is 2.66. The van der Waals surface area contributed by atoms with Crippen molar-refractivity contribution in [3.05, 3.63) is 23.2 Å². The highest BCUT2D eigenvalue weighted by molar-refractivity contribution is 7.89. The number of benzene rings is 1. The van der Waals surface area contributed by atoms with Gasteiger partial charge in [-0.3, -0.25) is 0 Å². The number of hydrogen-bond donors (Lipinski definition) is 1. The highest BCUT2D eigenvalue weighted by Gasteiger charge is 2.11. The van der Waals surface area contributed by atoms with E-state index in [1.807, 2.05) is 0 Å². The average molecular weight is 307 g/mol. The standard InChI is InChI=1S/C12H19ClN2O3S/c1-3-15(4-2)7-8-18-12-6-5-10(9-11(12)13)19(14,16)17/h5-6,9H,3-4,7-8H2,1-2H3,(H2,14,16,17). The lowest BCUT2D eigenvalue weighted by Gasteiger charge is -2.18. The van der Waals surface area contributed by atoms with Crippen LogP contribution in [0.1, 0.15) is 13.8 Å². The van der Waals surface area contributed by atoms with Crippen LogP contribution in [0.3, 0.4) is 0 Å². The molecule has 0 aliphatic heterocycles. The Labute approximate surface area is 119 Å². The molecule has 19 heavy (non-hydrogen) atoms. The number of nitrogens with two attached hydrogens (primary N) is 1. The summed E-state index contributed by atoms with van der Waals surface area (Å²) < 4.78 is 27.8. The summed E-state index contributed by atoms with van der Waals surface area (Å²) in [6.45, 7) is 7.36. The Morgan fingerprint density at radius 3 is 2.42 bits per heavy atom. The van der Waals surface area contributed by atoms with Crippen molar-refractivity contribution >= 4 is 21.6 Å². The van der Waals surface area contributed by atoms with Crippen molar-refractivity contribution in [2.75, 3.05) is 26.2 Å². The highest BCUT2D eigenvalue weighted by atomic mass is 35.5. The molecule has 0 atom stereocenters. The maximum atomic E-state index is 11.1. The van der Waals surface area contributed by atoms with E-state index in [0.29, 0.717) is 12.4 Å². The molecule has 5 nitrogen and oxygen atoms in total. The first-order chi connectivity index (χ1) is 8.88. The third-order valence-corrected chi connectivity index (χ3v) is 4.00. The summed E-state index contributed by atoms with van der Waals surface area (Å²) in [5.41, 5.74) is 0. The van der Waals surface area contributed by atoms with Crippen LogP contribution in [0.25, 0.3) is 0 Å². The van der Waals surface area contributed by atoms with Crippen LogP contribution in [0.2, 0.25) is 5.02 Å². The van der Waals surface area contributed by atoms with E-state index in [2.05, 4.69) is 18.7 Å². The number of ether oxygens (including phenoxy) is 1. The summed E-state index contributed by atoms with van der Waals surface area (Å²) in [4.78, 5) is 2.20. The molecule has 2 N–H and O–H groups in total. The molecule has 1 aromatic carbocycles. The molecule has 0 amide bonds. The Kier molecular flexibility index (Phi) is 6.06. The minimum absolute atomic E-state index is 0.0198. The van der Waals surface area contributed by atoms with E-state index in [4.69, 9.17) is 21.5 Å². The number of sulfonamides is 1. The van der Waals surface area contributed by atoms with Gasteiger partial charge in [-0.25, -0.2) is 13.6 Å². The van der Waals surface area contributed by atoms with Gasteiger partial charge in [-0.1, -0.05) is 25.4 Å². The van der Waals surface area contributed by atoms with Gasteiger partial charge in [0.1, 0.15) is 12.4 Å². The van der Waals surface area contributed by atoms with E-state index in [9.17, 15) is 8.42 Å². The number of halogens is 1. The molecule has 0 saturated carbocycles. The van der Waals surface area contributed by atoms with Crippen LogP contribution in [0.15, 0.2) is 23.1 Å². The van der Waals surface area contributed by atoms with Crippen molar-refractivity contribution in [3.63, 3.8) is 0 Å². The lowest BCUT2D eigenvalue weighted by Crippen LogP contribution is -2.27. The molecule has 0 fully saturated rings. The minimum atomic E-state index is -3.73. The van der Waals surface area contributed by atoms with Gasteiger partial charge in [-0.15, -0.1) is 0 Å². The van der Waals surface area contributed by atoms with Crippen LogP contribution in [-0.4, -0.2) is 39.6 Å². The van der Waals surface area contributed by atoms with E-state index in [1.165, 1.54) is 18.2 Å². The summed E-state index contributed by atoms with van der Waals surface area (Å²) >= 11 is 5.96. The average Bonchev–Trinajstić information content (AvgIpc) is 2.35. The Hall–Kier alpha value is -0.820. The normalized spacial score (nSPS) is 11.8. The van der Waals surface area contributed by atoms with E-state index < -0.39 is 10.0 Å². The Morgan fingerprint density at radius 1 is 1.32 bits per heavy atom. The summed E-state index contributed by atoms with van der Waals surface area (Å²) in [6.07, 6.45) is 0. The summed E-state index contributed by atoms with van der Waals surface area (Å²) in [6, 6.07) is 4.20. The number of likely N-dealkylation sites (N-methyl/N-ethyl adjacent to an activating group) is 1. The van der Waals surface area contributed by atoms with Crippen molar-refractivity contribution in [2.45, 2.75) is 18.7 Å². The van der Waals surface area contributed by atoms with Gasteiger partial charge in [0.15, 0.2) is 0 Å². The van der Waals surface area contributed by atoms with E-state index in [1.54, 1.807) is 0 Å². The quantitative estimate of drug-likeness (QED) is 0.832. The number of rotatable bonds is 7. The van der Waals surface area contributed by atoms with Crippen LogP contribution in [0, 0.1) is 0 Å². The second-order valence-corrected chi connectivity index (χ2v) is 5.98. The number of nitrogens with zero attached hydrogens (tertiary/aromatic N) is 1. The van der Waals surface area contributed by atoms with E-state index in [0.717, 1.165) is 19.6 Å². The molecule has 0 heterocycles. The van der Waals surface area contributed by atoms with Gasteiger partial charge in [-0.2, -0.15) is 0 Å². The summed E-state index contributed by atoms with van der Waals surface area (Å²) in [7, 11) is -3.73. The Bertz CT molecular complexity index is 516. The van der Waals surface area contributed by atoms with Crippen molar-refractivity contribution in [1.82, 2.24) is 4.90 Å². The molecular weight excluding hydrogens is 288 g/mol. The van der Waals surface area contributed by atoms with E-state index in [-0.39, 0.29) is 9.92 Å². The molecule has 1 rings (SSSR count). The Morgan fingerprint density at radius 2 is 1.95 bits per heavy atom. The van der Waals surface area contributed by atoms with Crippen molar-refractivity contribution in [3.8, 4) is 5.75 Å². The molecular formula is C12H19ClN2O3S. The number of primary sulfonamides is 1. The fraction of sp³-hybridized carbons (Fsp3) is 0.500. The maximum Gasteiger partial charge on any atom is 0.238 e. The fourth-order valence-electron chi connectivity index (χ4n) is 1.60. The largest absolute Gasteiger partial charge is 0.491 e. The molecule has 0 spiro atoms. The monoisotopic (exact) mass is 306 g/mol. The molecule has 7 heteroatoms. The zero-order chi connectivity index (χ0) is 14.5. The zero-order valence-corrected chi connectivity index (χ0v) is 12.7. The van der Waals surface area contributed by atoms with Gasteiger partial charge in [0.05, 0.1) is 9.92 Å².